The van der Waals surface area contributed by atoms with Crippen molar-refractivity contribution in [3.05, 3.63) is 56.1 Å². The third kappa shape index (κ3) is 1.94. The van der Waals surface area contributed by atoms with E-state index in [9.17, 15) is 9.59 Å². The fourth-order valence-corrected chi connectivity index (χ4v) is 3.08. The van der Waals surface area contributed by atoms with Gasteiger partial charge in [0.05, 0.1) is 23.1 Å². The van der Waals surface area contributed by atoms with Crippen LogP contribution < -0.4 is 5.69 Å². The number of thiophene rings is 1. The number of H-pyrrole nitrogens is 1. The standard InChI is InChI=1S/C14H12N2O3S/c1-8-6-20-7-9(8)5-16-11-4-2-3-10(13(17)18)12(11)15-14(16)19/h2-4,6-7H,5H2,1H3,(H,15,19)(H,17,18). The van der Waals surface area contributed by atoms with Crippen LogP contribution in [-0.4, -0.2) is 20.6 Å². The molecule has 0 spiro atoms. The lowest BCUT2D eigenvalue weighted by molar-refractivity contribution is 0.0699. The zero-order valence-electron chi connectivity index (χ0n) is 10.7. The molecule has 0 bridgehead atoms. The Labute approximate surface area is 118 Å². The molecule has 0 fully saturated rings. The van der Waals surface area contributed by atoms with Gasteiger partial charge in [-0.2, -0.15) is 11.3 Å². The van der Waals surface area contributed by atoms with Crippen LogP contribution >= 0.6 is 11.3 Å². The minimum absolute atomic E-state index is 0.111. The number of aromatic nitrogens is 2. The van der Waals surface area contributed by atoms with Gasteiger partial charge in [-0.05, 0) is 40.9 Å². The molecule has 0 saturated heterocycles. The molecule has 2 N–H and O–H groups in total. The summed E-state index contributed by atoms with van der Waals surface area (Å²) < 4.78 is 1.57. The van der Waals surface area contributed by atoms with E-state index in [4.69, 9.17) is 5.11 Å². The van der Waals surface area contributed by atoms with E-state index in [-0.39, 0.29) is 11.3 Å². The highest BCUT2D eigenvalue weighted by Gasteiger charge is 2.14. The lowest BCUT2D eigenvalue weighted by Gasteiger charge is -2.03. The van der Waals surface area contributed by atoms with Crippen molar-refractivity contribution in [2.75, 3.05) is 0 Å². The summed E-state index contributed by atoms with van der Waals surface area (Å²) in [5.74, 6) is -1.05. The molecule has 0 aliphatic rings. The monoisotopic (exact) mass is 288 g/mol. The van der Waals surface area contributed by atoms with Crippen LogP contribution in [0.5, 0.6) is 0 Å². The highest BCUT2D eigenvalue weighted by Crippen LogP contribution is 2.19. The molecule has 102 valence electrons. The van der Waals surface area contributed by atoms with Crippen LogP contribution in [0.4, 0.5) is 0 Å². The molecule has 2 aromatic heterocycles. The first kappa shape index (κ1) is 12.7. The van der Waals surface area contributed by atoms with Crippen LogP contribution in [-0.2, 0) is 6.54 Å². The van der Waals surface area contributed by atoms with Crippen molar-refractivity contribution < 1.29 is 9.90 Å². The van der Waals surface area contributed by atoms with E-state index in [2.05, 4.69) is 4.98 Å². The summed E-state index contributed by atoms with van der Waals surface area (Å²) in [4.78, 5) is 25.9. The molecule has 0 aliphatic heterocycles. The summed E-state index contributed by atoms with van der Waals surface area (Å²) >= 11 is 1.59. The second-order valence-electron chi connectivity index (χ2n) is 4.60. The molecule has 0 atom stereocenters. The van der Waals surface area contributed by atoms with Crippen molar-refractivity contribution in [1.29, 1.82) is 0 Å². The van der Waals surface area contributed by atoms with Gasteiger partial charge in [0.25, 0.3) is 0 Å². The van der Waals surface area contributed by atoms with Crippen molar-refractivity contribution >= 4 is 28.3 Å². The van der Waals surface area contributed by atoms with Gasteiger partial charge in [0.15, 0.2) is 0 Å². The van der Waals surface area contributed by atoms with Gasteiger partial charge in [0, 0.05) is 0 Å². The van der Waals surface area contributed by atoms with Crippen molar-refractivity contribution in [2.24, 2.45) is 0 Å². The fourth-order valence-electron chi connectivity index (χ4n) is 2.23. The number of imidazole rings is 1. The minimum atomic E-state index is -1.05. The lowest BCUT2D eigenvalue weighted by atomic mass is 10.2. The number of hydrogen-bond acceptors (Lipinski definition) is 3. The van der Waals surface area contributed by atoms with Crippen LogP contribution in [0.2, 0.25) is 0 Å². The summed E-state index contributed by atoms with van der Waals surface area (Å²) in [6.07, 6.45) is 0. The molecule has 5 nitrogen and oxygen atoms in total. The smallest absolute Gasteiger partial charge is 0.337 e. The Hall–Kier alpha value is -2.34. The Morgan fingerprint density at radius 1 is 1.40 bits per heavy atom. The van der Waals surface area contributed by atoms with Gasteiger partial charge < -0.3 is 10.1 Å². The Balaban J connectivity index is 2.19. The summed E-state index contributed by atoms with van der Waals surface area (Å²) in [6, 6.07) is 4.89. The van der Waals surface area contributed by atoms with E-state index in [0.717, 1.165) is 11.1 Å². The zero-order valence-corrected chi connectivity index (χ0v) is 11.5. The molecule has 2 heterocycles. The number of rotatable bonds is 3. The Morgan fingerprint density at radius 2 is 2.20 bits per heavy atom. The SMILES string of the molecule is Cc1cscc1Cn1c(=O)[nH]c2c(C(=O)O)cccc21. The first-order chi connectivity index (χ1) is 9.58. The normalized spacial score (nSPS) is 11.1. The average Bonchev–Trinajstić information content (AvgIpc) is 2.94. The first-order valence-electron chi connectivity index (χ1n) is 6.04. The van der Waals surface area contributed by atoms with Crippen molar-refractivity contribution in [2.45, 2.75) is 13.5 Å². The number of nitrogens with zero attached hydrogens (tertiary/aromatic N) is 1. The van der Waals surface area contributed by atoms with Gasteiger partial charge in [-0.1, -0.05) is 6.07 Å². The van der Waals surface area contributed by atoms with Crippen LogP contribution in [0.3, 0.4) is 0 Å². The number of fused-ring (bicyclic) bond motifs is 1. The molecule has 0 amide bonds. The number of benzene rings is 1. The van der Waals surface area contributed by atoms with Gasteiger partial charge >= 0.3 is 11.7 Å². The summed E-state index contributed by atoms with van der Waals surface area (Å²) in [7, 11) is 0. The predicted octanol–water partition coefficient (Wildman–Crippen LogP) is 2.45. The number of para-hydroxylation sites is 1. The molecule has 1 aromatic carbocycles. The Morgan fingerprint density at radius 3 is 2.85 bits per heavy atom. The number of carboxylic acid groups (broad SMARTS) is 1. The molecule has 3 rings (SSSR count). The zero-order chi connectivity index (χ0) is 14.3. The fraction of sp³-hybridized carbons (Fsp3) is 0.143. The van der Waals surface area contributed by atoms with E-state index in [1.54, 1.807) is 28.0 Å². The molecule has 0 saturated carbocycles. The van der Waals surface area contributed by atoms with E-state index in [1.165, 1.54) is 6.07 Å². The number of carbonyl (C=O) groups is 1. The Bertz CT molecular complexity index is 857. The number of aryl methyl sites for hydroxylation is 1. The highest BCUT2D eigenvalue weighted by molar-refractivity contribution is 7.08. The molecule has 3 aromatic rings. The highest BCUT2D eigenvalue weighted by atomic mass is 32.1. The number of carboxylic acids is 1. The molecule has 0 aliphatic carbocycles. The second-order valence-corrected chi connectivity index (χ2v) is 5.34. The van der Waals surface area contributed by atoms with Crippen LogP contribution in [0, 0.1) is 6.92 Å². The number of aromatic amines is 1. The molecule has 0 unspecified atom stereocenters. The van der Waals surface area contributed by atoms with E-state index in [0.29, 0.717) is 17.6 Å². The maximum Gasteiger partial charge on any atom is 0.337 e. The number of hydrogen-bond donors (Lipinski definition) is 2. The number of aromatic carboxylic acids is 1. The molecule has 6 heteroatoms. The van der Waals surface area contributed by atoms with Gasteiger partial charge in [0.2, 0.25) is 0 Å². The quantitative estimate of drug-likeness (QED) is 0.777. The van der Waals surface area contributed by atoms with E-state index >= 15 is 0 Å². The van der Waals surface area contributed by atoms with Crippen molar-refractivity contribution in [3.8, 4) is 0 Å². The van der Waals surface area contributed by atoms with Crippen LogP contribution in [0.25, 0.3) is 11.0 Å². The van der Waals surface area contributed by atoms with E-state index < -0.39 is 5.97 Å². The topological polar surface area (TPSA) is 75.1 Å². The van der Waals surface area contributed by atoms with Crippen molar-refractivity contribution in [3.63, 3.8) is 0 Å². The third-order valence-corrected chi connectivity index (χ3v) is 4.24. The van der Waals surface area contributed by atoms with Gasteiger partial charge in [-0.3, -0.25) is 4.57 Å². The van der Waals surface area contributed by atoms with Crippen LogP contribution in [0.15, 0.2) is 33.8 Å². The van der Waals surface area contributed by atoms with Crippen molar-refractivity contribution in [1.82, 2.24) is 9.55 Å². The van der Waals surface area contributed by atoms with Gasteiger partial charge in [-0.25, -0.2) is 9.59 Å². The minimum Gasteiger partial charge on any atom is -0.478 e. The molecule has 0 radical (unpaired) electrons. The summed E-state index contributed by atoms with van der Waals surface area (Å²) in [5.41, 5.74) is 3.00. The predicted molar refractivity (Wildman–Crippen MR) is 77.7 cm³/mol. The second kappa shape index (κ2) is 4.64. The maximum absolute atomic E-state index is 12.1. The Kier molecular flexibility index (Phi) is 2.94. The number of nitrogens with one attached hydrogen (secondary N) is 1. The lowest BCUT2D eigenvalue weighted by Crippen LogP contribution is -2.17. The largest absolute Gasteiger partial charge is 0.478 e. The average molecular weight is 288 g/mol. The summed E-state index contributed by atoms with van der Waals surface area (Å²) in [6.45, 7) is 2.44. The van der Waals surface area contributed by atoms with Crippen LogP contribution in [0.1, 0.15) is 21.5 Å². The first-order valence-corrected chi connectivity index (χ1v) is 6.98. The van der Waals surface area contributed by atoms with Gasteiger partial charge in [0.1, 0.15) is 0 Å². The van der Waals surface area contributed by atoms with Gasteiger partial charge in [-0.15, -0.1) is 0 Å². The third-order valence-electron chi connectivity index (χ3n) is 3.33. The molecular formula is C14H12N2O3S. The molecule has 20 heavy (non-hydrogen) atoms. The summed E-state index contributed by atoms with van der Waals surface area (Å²) in [5, 5.41) is 13.2. The molecular weight excluding hydrogens is 276 g/mol. The van der Waals surface area contributed by atoms with E-state index in [1.807, 2.05) is 17.7 Å². The maximum atomic E-state index is 12.1.